The van der Waals surface area contributed by atoms with Gasteiger partial charge in [0.15, 0.2) is 0 Å². The van der Waals surface area contributed by atoms with Gasteiger partial charge in [0.1, 0.15) is 0 Å². The standard InChI is InChI=1S/C12H26N8/c13-9-2-1-5-11(17-19-15)6-3-7-12(18-20-16)8-4-10-14/h11-12H,1-10,13-14H2. The topological polar surface area (TPSA) is 150 Å². The Morgan fingerprint density at radius 3 is 1.60 bits per heavy atom. The van der Waals surface area contributed by atoms with E-state index >= 15 is 0 Å². The van der Waals surface area contributed by atoms with Crippen LogP contribution in [0.15, 0.2) is 10.2 Å². The van der Waals surface area contributed by atoms with Crippen LogP contribution in [0.2, 0.25) is 0 Å². The van der Waals surface area contributed by atoms with Gasteiger partial charge in [-0.3, -0.25) is 0 Å². The normalized spacial score (nSPS) is 13.1. The van der Waals surface area contributed by atoms with E-state index in [2.05, 4.69) is 20.1 Å². The molecule has 2 unspecified atom stereocenters. The van der Waals surface area contributed by atoms with Gasteiger partial charge in [-0.15, -0.1) is 0 Å². The summed E-state index contributed by atoms with van der Waals surface area (Å²) >= 11 is 0. The van der Waals surface area contributed by atoms with Gasteiger partial charge in [0.25, 0.3) is 0 Å². The maximum absolute atomic E-state index is 8.56. The van der Waals surface area contributed by atoms with Crippen molar-refractivity contribution in [1.29, 1.82) is 0 Å². The number of unbranched alkanes of at least 4 members (excludes halogenated alkanes) is 1. The average Bonchev–Trinajstić information content (AvgIpc) is 2.45. The zero-order valence-corrected chi connectivity index (χ0v) is 12.1. The Bertz CT molecular complexity index is 319. The van der Waals surface area contributed by atoms with Crippen LogP contribution in [0.5, 0.6) is 0 Å². The summed E-state index contributed by atoms with van der Waals surface area (Å²) < 4.78 is 0. The van der Waals surface area contributed by atoms with Gasteiger partial charge >= 0.3 is 0 Å². The average molecular weight is 282 g/mol. The summed E-state index contributed by atoms with van der Waals surface area (Å²) in [4.78, 5) is 5.77. The minimum Gasteiger partial charge on any atom is -0.330 e. The van der Waals surface area contributed by atoms with E-state index in [1.807, 2.05) is 0 Å². The van der Waals surface area contributed by atoms with Crippen LogP contribution >= 0.6 is 0 Å². The van der Waals surface area contributed by atoms with Crippen LogP contribution in [0.3, 0.4) is 0 Å². The summed E-state index contributed by atoms with van der Waals surface area (Å²) in [5.74, 6) is 0. The first-order chi connectivity index (χ1) is 9.78. The molecule has 20 heavy (non-hydrogen) atoms. The van der Waals surface area contributed by atoms with Crippen molar-refractivity contribution >= 4 is 0 Å². The van der Waals surface area contributed by atoms with E-state index in [4.69, 9.17) is 22.5 Å². The molecular weight excluding hydrogens is 256 g/mol. The molecule has 0 amide bonds. The summed E-state index contributed by atoms with van der Waals surface area (Å²) in [5.41, 5.74) is 28.0. The lowest BCUT2D eigenvalue weighted by Crippen LogP contribution is -2.10. The van der Waals surface area contributed by atoms with E-state index in [9.17, 15) is 0 Å². The largest absolute Gasteiger partial charge is 0.330 e. The van der Waals surface area contributed by atoms with Gasteiger partial charge in [-0.1, -0.05) is 23.1 Å². The van der Waals surface area contributed by atoms with Crippen molar-refractivity contribution in [2.75, 3.05) is 13.1 Å². The first-order valence-corrected chi connectivity index (χ1v) is 7.27. The lowest BCUT2D eigenvalue weighted by molar-refractivity contribution is 0.467. The Hall–Kier alpha value is -1.46. The van der Waals surface area contributed by atoms with Gasteiger partial charge in [-0.05, 0) is 62.7 Å². The highest BCUT2D eigenvalue weighted by molar-refractivity contribution is 4.72. The Labute approximate surface area is 120 Å². The molecule has 0 spiro atoms. The summed E-state index contributed by atoms with van der Waals surface area (Å²) in [6.45, 7) is 1.28. The molecule has 0 aromatic heterocycles. The Kier molecular flexibility index (Phi) is 12.9. The first kappa shape index (κ1) is 18.5. The lowest BCUT2D eigenvalue weighted by atomic mass is 10.00. The van der Waals surface area contributed by atoms with Crippen molar-refractivity contribution in [3.63, 3.8) is 0 Å². The predicted molar refractivity (Wildman–Crippen MR) is 80.9 cm³/mol. The molecule has 0 heterocycles. The molecule has 8 nitrogen and oxygen atoms in total. The Morgan fingerprint density at radius 1 is 0.700 bits per heavy atom. The number of azide groups is 2. The number of nitrogens with zero attached hydrogens (tertiary/aromatic N) is 6. The van der Waals surface area contributed by atoms with Crippen molar-refractivity contribution in [1.82, 2.24) is 0 Å². The van der Waals surface area contributed by atoms with Crippen LogP contribution in [0.4, 0.5) is 0 Å². The van der Waals surface area contributed by atoms with Crippen molar-refractivity contribution in [3.05, 3.63) is 20.9 Å². The van der Waals surface area contributed by atoms with E-state index < -0.39 is 0 Å². The third kappa shape index (κ3) is 10.5. The van der Waals surface area contributed by atoms with E-state index in [1.165, 1.54) is 0 Å². The van der Waals surface area contributed by atoms with Gasteiger partial charge in [0, 0.05) is 21.9 Å². The zero-order chi connectivity index (χ0) is 15.1. The second-order valence-electron chi connectivity index (χ2n) is 4.86. The Morgan fingerprint density at radius 2 is 1.15 bits per heavy atom. The first-order valence-electron chi connectivity index (χ1n) is 7.27. The summed E-state index contributed by atoms with van der Waals surface area (Å²) in [7, 11) is 0. The molecule has 0 fully saturated rings. The zero-order valence-electron chi connectivity index (χ0n) is 12.1. The molecule has 0 aromatic carbocycles. The highest BCUT2D eigenvalue weighted by Gasteiger charge is 2.09. The third-order valence-corrected chi connectivity index (χ3v) is 3.24. The molecule has 0 rings (SSSR count). The third-order valence-electron chi connectivity index (χ3n) is 3.24. The van der Waals surface area contributed by atoms with Crippen LogP contribution in [-0.4, -0.2) is 25.2 Å². The molecule has 0 aliphatic heterocycles. The SMILES string of the molecule is [N-]=[N+]=NC(CCCN)CCCC(CCCCN)N=[N+]=[N-]. The fourth-order valence-corrected chi connectivity index (χ4v) is 2.13. The molecule has 0 saturated carbocycles. The minimum absolute atomic E-state index is 0.000642. The van der Waals surface area contributed by atoms with Crippen LogP contribution in [0, 0.1) is 0 Å². The van der Waals surface area contributed by atoms with Gasteiger partial charge in [-0.2, -0.15) is 0 Å². The molecule has 0 saturated heterocycles. The van der Waals surface area contributed by atoms with Gasteiger partial charge in [-0.25, -0.2) is 0 Å². The van der Waals surface area contributed by atoms with Gasteiger partial charge in [0.05, 0.1) is 0 Å². The quantitative estimate of drug-likeness (QED) is 0.230. The van der Waals surface area contributed by atoms with Gasteiger partial charge < -0.3 is 11.5 Å². The highest BCUT2D eigenvalue weighted by Crippen LogP contribution is 2.16. The van der Waals surface area contributed by atoms with Crippen LogP contribution < -0.4 is 11.5 Å². The molecule has 2 atom stereocenters. The second-order valence-corrected chi connectivity index (χ2v) is 4.86. The summed E-state index contributed by atoms with van der Waals surface area (Å²) in [6.07, 6.45) is 7.02. The van der Waals surface area contributed by atoms with Crippen molar-refractivity contribution in [3.8, 4) is 0 Å². The molecular formula is C12H26N8. The Balaban J connectivity index is 4.04. The summed E-state index contributed by atoms with van der Waals surface area (Å²) in [6, 6.07) is 0.0204. The number of rotatable bonds is 13. The van der Waals surface area contributed by atoms with Crippen molar-refractivity contribution < 1.29 is 0 Å². The predicted octanol–water partition coefficient (Wildman–Crippen LogP) is 3.38. The van der Waals surface area contributed by atoms with E-state index in [0.29, 0.717) is 13.1 Å². The van der Waals surface area contributed by atoms with E-state index in [1.54, 1.807) is 0 Å². The molecule has 0 aromatic rings. The number of nitrogens with two attached hydrogens (primary N) is 2. The summed E-state index contributed by atoms with van der Waals surface area (Å²) in [5, 5.41) is 7.60. The second kappa shape index (κ2) is 14.0. The molecule has 0 radical (unpaired) electrons. The fourth-order valence-electron chi connectivity index (χ4n) is 2.13. The molecule has 0 aliphatic carbocycles. The van der Waals surface area contributed by atoms with Crippen LogP contribution in [0.1, 0.15) is 51.4 Å². The molecule has 0 aliphatic rings. The smallest absolute Gasteiger partial charge is 0.0374 e. The fraction of sp³-hybridized carbons (Fsp3) is 1.00. The van der Waals surface area contributed by atoms with Crippen molar-refractivity contribution in [2.45, 2.75) is 63.5 Å². The maximum atomic E-state index is 8.56. The highest BCUT2D eigenvalue weighted by atomic mass is 15.2. The van der Waals surface area contributed by atoms with E-state index in [0.717, 1.165) is 51.4 Å². The van der Waals surface area contributed by atoms with Crippen LogP contribution in [0.25, 0.3) is 20.9 Å². The minimum atomic E-state index is -0.000642. The van der Waals surface area contributed by atoms with Crippen LogP contribution in [-0.2, 0) is 0 Å². The molecule has 8 heteroatoms. The van der Waals surface area contributed by atoms with Crippen molar-refractivity contribution in [2.24, 2.45) is 21.7 Å². The maximum Gasteiger partial charge on any atom is 0.0374 e. The lowest BCUT2D eigenvalue weighted by Gasteiger charge is -2.13. The molecule has 114 valence electrons. The van der Waals surface area contributed by atoms with Gasteiger partial charge in [0.2, 0.25) is 0 Å². The monoisotopic (exact) mass is 282 g/mol. The molecule has 0 bridgehead atoms. The number of hydrogen-bond donors (Lipinski definition) is 2. The van der Waals surface area contributed by atoms with E-state index in [-0.39, 0.29) is 12.1 Å². The number of hydrogen-bond acceptors (Lipinski definition) is 4. The molecule has 4 N–H and O–H groups in total.